The molecular weight excluding hydrogens is 398 g/mol. The van der Waals surface area contributed by atoms with Gasteiger partial charge in [0.15, 0.2) is 4.90 Å². The third kappa shape index (κ3) is 3.78. The minimum atomic E-state index is -4.54. The summed E-state index contributed by atoms with van der Waals surface area (Å²) in [6.45, 7) is 0. The number of sulfonamides is 1. The highest BCUT2D eigenvalue weighted by Crippen LogP contribution is 2.36. The third-order valence-electron chi connectivity index (χ3n) is 3.83. The molecule has 0 aliphatic heterocycles. The van der Waals surface area contributed by atoms with Crippen molar-refractivity contribution in [2.45, 2.75) is 4.90 Å². The van der Waals surface area contributed by atoms with Crippen LogP contribution in [0, 0.1) is 11.6 Å². The van der Waals surface area contributed by atoms with Gasteiger partial charge in [-0.15, -0.1) is 0 Å². The Morgan fingerprint density at radius 1 is 1.07 bits per heavy atom. The van der Waals surface area contributed by atoms with Crippen LogP contribution in [0.25, 0.3) is 22.4 Å². The molecule has 0 aliphatic rings. The van der Waals surface area contributed by atoms with Crippen LogP contribution in [0.4, 0.5) is 8.78 Å². The van der Waals surface area contributed by atoms with Crippen LogP contribution in [0.5, 0.6) is 5.75 Å². The summed E-state index contributed by atoms with van der Waals surface area (Å²) in [5.74, 6) is -2.12. The lowest BCUT2D eigenvalue weighted by Gasteiger charge is -2.12. The molecule has 27 heavy (non-hydrogen) atoms. The smallest absolute Gasteiger partial charge is 0.243 e. The van der Waals surface area contributed by atoms with E-state index in [0.717, 1.165) is 12.1 Å². The summed E-state index contributed by atoms with van der Waals surface area (Å²) >= 11 is 6.15. The molecule has 0 fully saturated rings. The largest absolute Gasteiger partial charge is 0.495 e. The van der Waals surface area contributed by atoms with Crippen molar-refractivity contribution in [2.75, 3.05) is 7.11 Å². The van der Waals surface area contributed by atoms with E-state index in [1.807, 2.05) is 0 Å². The van der Waals surface area contributed by atoms with Gasteiger partial charge in [0.2, 0.25) is 10.0 Å². The zero-order valence-corrected chi connectivity index (χ0v) is 15.5. The van der Waals surface area contributed by atoms with Gasteiger partial charge in [-0.25, -0.2) is 22.3 Å². The molecule has 140 valence electrons. The first-order valence-corrected chi connectivity index (χ1v) is 9.46. The van der Waals surface area contributed by atoms with Gasteiger partial charge in [0.05, 0.1) is 17.8 Å². The number of rotatable bonds is 4. The average molecular weight is 411 g/mol. The van der Waals surface area contributed by atoms with Crippen molar-refractivity contribution >= 4 is 21.6 Å². The molecule has 0 amide bonds. The number of halogens is 3. The van der Waals surface area contributed by atoms with Crippen LogP contribution in [-0.2, 0) is 10.0 Å². The number of nitrogens with zero attached hydrogens (tertiary/aromatic N) is 1. The Kier molecular flexibility index (Phi) is 5.14. The number of aromatic nitrogens is 1. The molecule has 1 heterocycles. The van der Waals surface area contributed by atoms with Crippen molar-refractivity contribution in [1.29, 1.82) is 0 Å². The zero-order chi connectivity index (χ0) is 19.8. The Labute approximate surface area is 159 Å². The number of benzene rings is 2. The summed E-state index contributed by atoms with van der Waals surface area (Å²) in [4.78, 5) is 3.00. The van der Waals surface area contributed by atoms with E-state index in [4.69, 9.17) is 21.5 Å². The second-order valence-corrected chi connectivity index (χ2v) is 7.47. The molecule has 9 heteroatoms. The maximum Gasteiger partial charge on any atom is 0.243 e. The van der Waals surface area contributed by atoms with Crippen LogP contribution in [0.3, 0.4) is 0 Å². The van der Waals surface area contributed by atoms with Gasteiger partial charge in [-0.05, 0) is 35.9 Å². The fourth-order valence-electron chi connectivity index (χ4n) is 2.67. The van der Waals surface area contributed by atoms with E-state index < -0.39 is 26.6 Å². The van der Waals surface area contributed by atoms with E-state index in [1.54, 1.807) is 30.3 Å². The van der Waals surface area contributed by atoms with Gasteiger partial charge in [-0.3, -0.25) is 4.98 Å². The number of hydrogen-bond donors (Lipinski definition) is 1. The molecule has 0 saturated heterocycles. The Morgan fingerprint density at radius 2 is 1.74 bits per heavy atom. The maximum absolute atomic E-state index is 14.2. The first-order valence-electron chi connectivity index (χ1n) is 7.53. The Balaban J connectivity index is 2.19. The molecule has 2 aromatic carbocycles. The Morgan fingerprint density at radius 3 is 2.30 bits per heavy atom. The minimum Gasteiger partial charge on any atom is -0.495 e. The highest BCUT2D eigenvalue weighted by atomic mass is 35.5. The molecule has 5 nitrogen and oxygen atoms in total. The first kappa shape index (κ1) is 19.2. The van der Waals surface area contributed by atoms with Crippen molar-refractivity contribution in [3.8, 4) is 28.1 Å². The van der Waals surface area contributed by atoms with Crippen LogP contribution < -0.4 is 9.88 Å². The molecule has 0 aliphatic carbocycles. The summed E-state index contributed by atoms with van der Waals surface area (Å²) in [6.07, 6.45) is 1.45. The van der Waals surface area contributed by atoms with E-state index in [-0.39, 0.29) is 11.3 Å². The average Bonchev–Trinajstić information content (AvgIpc) is 2.59. The molecule has 1 aromatic heterocycles. The van der Waals surface area contributed by atoms with E-state index in [9.17, 15) is 17.2 Å². The van der Waals surface area contributed by atoms with Gasteiger partial charge in [-0.2, -0.15) is 0 Å². The summed E-state index contributed by atoms with van der Waals surface area (Å²) in [6, 6.07) is 10.1. The topological polar surface area (TPSA) is 82.3 Å². The van der Waals surface area contributed by atoms with Gasteiger partial charge in [0, 0.05) is 17.3 Å². The number of methoxy groups -OCH3 is 1. The quantitative estimate of drug-likeness (QED) is 0.704. The summed E-state index contributed by atoms with van der Waals surface area (Å²) in [7, 11) is -3.06. The van der Waals surface area contributed by atoms with Crippen LogP contribution in [0.2, 0.25) is 5.02 Å². The maximum atomic E-state index is 14.2. The minimum absolute atomic E-state index is 0.0555. The molecular formula is C18H13ClF2N2O3S. The SMILES string of the molecule is COc1ccc(-c2cccnc2-c2cc(F)c(S(N)(=O)=O)c(F)c2)cc1Cl. The van der Waals surface area contributed by atoms with E-state index in [1.165, 1.54) is 13.3 Å². The highest BCUT2D eigenvalue weighted by Gasteiger charge is 2.23. The lowest BCUT2D eigenvalue weighted by Crippen LogP contribution is -2.16. The van der Waals surface area contributed by atoms with Gasteiger partial charge >= 0.3 is 0 Å². The molecule has 0 atom stereocenters. The van der Waals surface area contributed by atoms with Crippen molar-refractivity contribution in [2.24, 2.45) is 5.14 Å². The molecule has 0 spiro atoms. The molecule has 0 saturated carbocycles. The summed E-state index contributed by atoms with van der Waals surface area (Å²) < 4.78 is 56.3. The summed E-state index contributed by atoms with van der Waals surface area (Å²) in [5, 5.41) is 5.22. The fourth-order valence-corrected chi connectivity index (χ4v) is 3.59. The molecule has 2 N–H and O–H groups in total. The van der Waals surface area contributed by atoms with Crippen LogP contribution in [-0.4, -0.2) is 20.5 Å². The molecule has 0 unspecified atom stereocenters. The zero-order valence-electron chi connectivity index (χ0n) is 13.9. The predicted molar refractivity (Wildman–Crippen MR) is 98.0 cm³/mol. The number of hydrogen-bond acceptors (Lipinski definition) is 4. The first-order chi connectivity index (χ1) is 12.7. The molecule has 3 aromatic rings. The van der Waals surface area contributed by atoms with Crippen LogP contribution in [0.15, 0.2) is 53.6 Å². The normalized spacial score (nSPS) is 11.4. The Hall–Kier alpha value is -2.55. The van der Waals surface area contributed by atoms with Crippen molar-refractivity contribution in [3.63, 3.8) is 0 Å². The van der Waals surface area contributed by atoms with Crippen LogP contribution >= 0.6 is 11.6 Å². The summed E-state index contributed by atoms with van der Waals surface area (Å²) in [5.41, 5.74) is 1.49. The lowest BCUT2D eigenvalue weighted by atomic mass is 9.99. The standard InChI is InChI=1S/C18H13ClF2N2O3S/c1-26-16-5-4-10(7-13(16)19)12-3-2-6-23-17(12)11-8-14(20)18(15(21)9-11)27(22,24)25/h2-9H,1H3,(H2,22,24,25). The molecule has 3 rings (SSSR count). The van der Waals surface area contributed by atoms with Crippen LogP contribution in [0.1, 0.15) is 0 Å². The number of ether oxygens (including phenoxy) is 1. The number of primary sulfonamides is 1. The Bertz CT molecular complexity index is 1110. The van der Waals surface area contributed by atoms with Crippen molar-refractivity contribution < 1.29 is 21.9 Å². The van der Waals surface area contributed by atoms with Gasteiger partial charge in [-0.1, -0.05) is 23.7 Å². The third-order valence-corrected chi connectivity index (χ3v) is 5.08. The van der Waals surface area contributed by atoms with Gasteiger partial charge in [0.1, 0.15) is 17.4 Å². The number of pyridine rings is 1. The lowest BCUT2D eigenvalue weighted by molar-refractivity contribution is 0.415. The molecule has 0 bridgehead atoms. The number of nitrogens with two attached hydrogens (primary N) is 1. The second kappa shape index (κ2) is 7.22. The van der Waals surface area contributed by atoms with Gasteiger partial charge in [0.25, 0.3) is 0 Å². The monoisotopic (exact) mass is 410 g/mol. The second-order valence-electron chi connectivity index (χ2n) is 5.56. The van der Waals surface area contributed by atoms with E-state index in [2.05, 4.69) is 4.98 Å². The predicted octanol–water partition coefficient (Wildman–Crippen LogP) is 4.00. The highest BCUT2D eigenvalue weighted by molar-refractivity contribution is 7.89. The van der Waals surface area contributed by atoms with E-state index >= 15 is 0 Å². The molecule has 0 radical (unpaired) electrons. The fraction of sp³-hybridized carbons (Fsp3) is 0.0556. The van der Waals surface area contributed by atoms with Crippen molar-refractivity contribution in [3.05, 3.63) is 65.3 Å². The van der Waals surface area contributed by atoms with E-state index in [0.29, 0.717) is 21.9 Å². The van der Waals surface area contributed by atoms with Gasteiger partial charge < -0.3 is 4.74 Å². The van der Waals surface area contributed by atoms with Crippen molar-refractivity contribution in [1.82, 2.24) is 4.98 Å².